The van der Waals surface area contributed by atoms with Crippen LogP contribution >= 0.6 is 0 Å². The fourth-order valence-electron chi connectivity index (χ4n) is 2.68. The predicted octanol–water partition coefficient (Wildman–Crippen LogP) is 1.40. The highest BCUT2D eigenvalue weighted by Gasteiger charge is 2.24. The predicted molar refractivity (Wildman–Crippen MR) is 88.1 cm³/mol. The second-order valence-electron chi connectivity index (χ2n) is 5.50. The fraction of sp³-hybridized carbons (Fsp3) is 0.571. The van der Waals surface area contributed by atoms with E-state index in [0.29, 0.717) is 5.69 Å². The van der Waals surface area contributed by atoms with Gasteiger partial charge in [-0.05, 0) is 38.6 Å². The Morgan fingerprint density at radius 3 is 2.52 bits per heavy atom. The van der Waals surface area contributed by atoms with E-state index in [4.69, 9.17) is 0 Å². The molecule has 1 fully saturated rings. The highest BCUT2D eigenvalue weighted by atomic mass is 32.2. The van der Waals surface area contributed by atoms with Gasteiger partial charge < -0.3 is 10.2 Å². The van der Waals surface area contributed by atoms with Gasteiger partial charge in [0.25, 0.3) is 5.69 Å². The molecule has 128 valence electrons. The van der Waals surface area contributed by atoms with Crippen LogP contribution < -0.4 is 10.0 Å². The lowest BCUT2D eigenvalue weighted by molar-refractivity contribution is -0.384. The van der Waals surface area contributed by atoms with Crippen LogP contribution in [0.5, 0.6) is 0 Å². The number of nitro benzene ring substituents is 1. The van der Waals surface area contributed by atoms with Crippen molar-refractivity contribution >= 4 is 21.4 Å². The third-order valence-electron chi connectivity index (χ3n) is 4.14. The second kappa shape index (κ2) is 7.24. The lowest BCUT2D eigenvalue weighted by Gasteiger charge is -2.31. The third-order valence-corrected chi connectivity index (χ3v) is 5.55. The molecule has 0 aliphatic carbocycles. The van der Waals surface area contributed by atoms with E-state index in [9.17, 15) is 18.5 Å². The van der Waals surface area contributed by atoms with Crippen LogP contribution in [-0.4, -0.2) is 51.0 Å². The van der Waals surface area contributed by atoms with Gasteiger partial charge in [-0.25, -0.2) is 13.1 Å². The second-order valence-corrected chi connectivity index (χ2v) is 7.38. The van der Waals surface area contributed by atoms with E-state index in [2.05, 4.69) is 21.9 Å². The van der Waals surface area contributed by atoms with Gasteiger partial charge in [-0.15, -0.1) is 0 Å². The summed E-state index contributed by atoms with van der Waals surface area (Å²) in [4.78, 5) is 12.9. The molecule has 0 atom stereocenters. The molecule has 1 aromatic rings. The Bertz CT molecular complexity index is 669. The van der Waals surface area contributed by atoms with E-state index >= 15 is 0 Å². The summed E-state index contributed by atoms with van der Waals surface area (Å²) in [6, 6.07) is 4.09. The number of nitrogens with one attached hydrogen (secondary N) is 2. The molecule has 8 nitrogen and oxygen atoms in total. The molecular weight excluding hydrogens is 320 g/mol. The van der Waals surface area contributed by atoms with Crippen LogP contribution in [0.1, 0.15) is 19.8 Å². The summed E-state index contributed by atoms with van der Waals surface area (Å²) in [6.45, 7) is 5.02. The fourth-order valence-corrected chi connectivity index (χ4v) is 3.43. The zero-order valence-electron chi connectivity index (χ0n) is 13.3. The van der Waals surface area contributed by atoms with Crippen molar-refractivity contribution < 1.29 is 13.3 Å². The maximum absolute atomic E-state index is 11.8. The Labute approximate surface area is 136 Å². The largest absolute Gasteiger partial charge is 0.377 e. The van der Waals surface area contributed by atoms with Crippen molar-refractivity contribution in [2.45, 2.75) is 30.7 Å². The Morgan fingerprint density at radius 1 is 1.35 bits per heavy atom. The maximum atomic E-state index is 11.8. The zero-order valence-corrected chi connectivity index (χ0v) is 14.1. The number of benzene rings is 1. The first-order valence-electron chi connectivity index (χ1n) is 7.58. The van der Waals surface area contributed by atoms with Gasteiger partial charge in [-0.3, -0.25) is 10.1 Å². The molecule has 1 aromatic carbocycles. The molecule has 0 saturated carbocycles. The standard InChI is InChI=1S/C14H22N4O4S/c1-3-17-8-6-11(7-9-17)16-13-5-4-12(23(21,22)15-2)10-14(13)18(19)20/h4-5,10-11,15-16H,3,6-9H2,1-2H3. The molecule has 0 bridgehead atoms. The average molecular weight is 342 g/mol. The molecule has 1 saturated heterocycles. The number of likely N-dealkylation sites (tertiary alicyclic amines) is 1. The van der Waals surface area contributed by atoms with Crippen LogP contribution in [0.15, 0.2) is 23.1 Å². The summed E-state index contributed by atoms with van der Waals surface area (Å²) < 4.78 is 25.7. The van der Waals surface area contributed by atoms with Crippen molar-refractivity contribution in [3.63, 3.8) is 0 Å². The number of hydrogen-bond donors (Lipinski definition) is 2. The Kier molecular flexibility index (Phi) is 5.55. The lowest BCUT2D eigenvalue weighted by atomic mass is 10.0. The van der Waals surface area contributed by atoms with Gasteiger partial charge in [0.15, 0.2) is 0 Å². The van der Waals surface area contributed by atoms with Crippen LogP contribution in [0.25, 0.3) is 0 Å². The highest BCUT2D eigenvalue weighted by Crippen LogP contribution is 2.29. The molecule has 0 radical (unpaired) electrons. The highest BCUT2D eigenvalue weighted by molar-refractivity contribution is 7.89. The molecule has 1 aliphatic rings. The first kappa shape index (κ1) is 17.6. The van der Waals surface area contributed by atoms with E-state index in [0.717, 1.165) is 38.5 Å². The van der Waals surface area contributed by atoms with Gasteiger partial charge in [0.05, 0.1) is 9.82 Å². The molecule has 0 spiro atoms. The summed E-state index contributed by atoms with van der Waals surface area (Å²) in [5.41, 5.74) is 0.138. The van der Waals surface area contributed by atoms with Crippen LogP contribution in [0.4, 0.5) is 11.4 Å². The lowest BCUT2D eigenvalue weighted by Crippen LogP contribution is -2.38. The van der Waals surface area contributed by atoms with Gasteiger partial charge in [0.2, 0.25) is 10.0 Å². The molecule has 23 heavy (non-hydrogen) atoms. The minimum Gasteiger partial charge on any atom is -0.377 e. The number of nitrogens with zero attached hydrogens (tertiary/aromatic N) is 2. The summed E-state index contributed by atoms with van der Waals surface area (Å²) >= 11 is 0. The quantitative estimate of drug-likeness (QED) is 0.598. The summed E-state index contributed by atoms with van der Waals surface area (Å²) in [5.74, 6) is 0. The van der Waals surface area contributed by atoms with Crippen molar-refractivity contribution in [3.8, 4) is 0 Å². The van der Waals surface area contributed by atoms with E-state index in [1.807, 2.05) is 0 Å². The molecule has 9 heteroatoms. The van der Waals surface area contributed by atoms with Crippen molar-refractivity contribution in [1.29, 1.82) is 0 Å². The Balaban J connectivity index is 2.21. The summed E-state index contributed by atoms with van der Waals surface area (Å²) in [5, 5.41) is 14.5. The van der Waals surface area contributed by atoms with E-state index in [1.54, 1.807) is 0 Å². The molecule has 0 unspecified atom stereocenters. The number of piperidine rings is 1. The first-order valence-corrected chi connectivity index (χ1v) is 9.06. The molecule has 0 aromatic heterocycles. The number of hydrogen-bond acceptors (Lipinski definition) is 6. The first-order chi connectivity index (χ1) is 10.9. The third kappa shape index (κ3) is 4.18. The van der Waals surface area contributed by atoms with Crippen molar-refractivity contribution in [2.24, 2.45) is 0 Å². The normalized spacial score (nSPS) is 17.1. The van der Waals surface area contributed by atoms with Gasteiger partial charge in [-0.1, -0.05) is 6.92 Å². The SMILES string of the molecule is CCN1CCC(Nc2ccc(S(=O)(=O)NC)cc2[N+](=O)[O-])CC1. The molecule has 2 N–H and O–H groups in total. The Morgan fingerprint density at radius 2 is 2.00 bits per heavy atom. The summed E-state index contributed by atoms with van der Waals surface area (Å²) in [7, 11) is -2.43. The monoisotopic (exact) mass is 342 g/mol. The van der Waals surface area contributed by atoms with Gasteiger partial charge >= 0.3 is 0 Å². The minimum atomic E-state index is -3.70. The van der Waals surface area contributed by atoms with Crippen LogP contribution in [0.2, 0.25) is 0 Å². The van der Waals surface area contributed by atoms with Gasteiger partial charge in [0, 0.05) is 25.2 Å². The average Bonchev–Trinajstić information content (AvgIpc) is 2.55. The molecular formula is C14H22N4O4S. The van der Waals surface area contributed by atoms with Crippen LogP contribution in [0, 0.1) is 10.1 Å². The van der Waals surface area contributed by atoms with E-state index < -0.39 is 14.9 Å². The van der Waals surface area contributed by atoms with Crippen LogP contribution in [0.3, 0.4) is 0 Å². The molecule has 1 aliphatic heterocycles. The van der Waals surface area contributed by atoms with Gasteiger partial charge in [0.1, 0.15) is 5.69 Å². The zero-order chi connectivity index (χ0) is 17.0. The number of nitro groups is 1. The summed E-state index contributed by atoms with van der Waals surface area (Å²) in [6.07, 6.45) is 1.81. The minimum absolute atomic E-state index is 0.113. The number of anilines is 1. The van der Waals surface area contributed by atoms with E-state index in [1.165, 1.54) is 19.2 Å². The van der Waals surface area contributed by atoms with E-state index in [-0.39, 0.29) is 16.6 Å². The number of sulfonamides is 1. The smallest absolute Gasteiger partial charge is 0.293 e. The number of rotatable bonds is 6. The molecule has 1 heterocycles. The maximum Gasteiger partial charge on any atom is 0.293 e. The van der Waals surface area contributed by atoms with Crippen molar-refractivity contribution in [1.82, 2.24) is 9.62 Å². The van der Waals surface area contributed by atoms with Crippen molar-refractivity contribution in [2.75, 3.05) is 32.0 Å². The van der Waals surface area contributed by atoms with Crippen molar-refractivity contribution in [3.05, 3.63) is 28.3 Å². The van der Waals surface area contributed by atoms with Crippen LogP contribution in [-0.2, 0) is 10.0 Å². The molecule has 0 amide bonds. The molecule has 2 rings (SSSR count). The topological polar surface area (TPSA) is 105 Å². The Hall–Kier alpha value is -1.71. The van der Waals surface area contributed by atoms with Gasteiger partial charge in [-0.2, -0.15) is 0 Å².